The lowest BCUT2D eigenvalue weighted by molar-refractivity contribution is -0.137. The summed E-state index contributed by atoms with van der Waals surface area (Å²) < 4.78 is 50.6. The van der Waals surface area contributed by atoms with Crippen molar-refractivity contribution in [1.29, 1.82) is 5.26 Å². The maximum absolute atomic E-state index is 13.6. The minimum Gasteiger partial charge on any atom is -0.484 e. The van der Waals surface area contributed by atoms with Gasteiger partial charge in [0.05, 0.1) is 29.6 Å². The van der Waals surface area contributed by atoms with Crippen molar-refractivity contribution in [1.82, 2.24) is 34.9 Å². The van der Waals surface area contributed by atoms with Crippen LogP contribution in [0.4, 0.5) is 19.0 Å². The van der Waals surface area contributed by atoms with Crippen molar-refractivity contribution in [3.05, 3.63) is 53.1 Å². The van der Waals surface area contributed by atoms with Gasteiger partial charge in [0.1, 0.15) is 40.5 Å². The third-order valence-corrected chi connectivity index (χ3v) is 7.68. The first kappa shape index (κ1) is 27.0. The fraction of sp³-hybridized carbons (Fsp3) is 0.444. The van der Waals surface area contributed by atoms with Gasteiger partial charge in [0.15, 0.2) is 0 Å². The first-order valence-electron chi connectivity index (χ1n) is 13.3. The van der Waals surface area contributed by atoms with Gasteiger partial charge in [-0.25, -0.2) is 14.2 Å². The second-order valence-corrected chi connectivity index (χ2v) is 10.5. The summed E-state index contributed by atoms with van der Waals surface area (Å²) in [6, 6.07) is 5.06. The van der Waals surface area contributed by atoms with Gasteiger partial charge in [-0.2, -0.15) is 23.5 Å². The molecule has 6 heterocycles. The Kier molecular flexibility index (Phi) is 6.79. The van der Waals surface area contributed by atoms with Crippen LogP contribution in [0.2, 0.25) is 0 Å². The van der Waals surface area contributed by atoms with Gasteiger partial charge < -0.3 is 20.1 Å². The van der Waals surface area contributed by atoms with Crippen LogP contribution in [0.5, 0.6) is 5.75 Å². The van der Waals surface area contributed by atoms with Gasteiger partial charge in [-0.3, -0.25) is 0 Å². The second-order valence-electron chi connectivity index (χ2n) is 10.5. The number of hydrogen-bond donors (Lipinski definition) is 2. The van der Waals surface area contributed by atoms with Gasteiger partial charge in [-0.15, -0.1) is 5.10 Å². The van der Waals surface area contributed by atoms with Crippen molar-refractivity contribution in [3.63, 3.8) is 0 Å². The summed E-state index contributed by atoms with van der Waals surface area (Å²) in [7, 11) is 0. The quantitative estimate of drug-likeness (QED) is 0.360. The molecule has 0 saturated carbocycles. The molecule has 4 aromatic rings. The molecule has 11 nitrogen and oxygen atoms in total. The summed E-state index contributed by atoms with van der Waals surface area (Å²) in [6.45, 7) is 5.87. The van der Waals surface area contributed by atoms with E-state index in [1.807, 2.05) is 11.6 Å². The topological polar surface area (TPSA) is 129 Å². The zero-order valence-corrected chi connectivity index (χ0v) is 22.4. The van der Waals surface area contributed by atoms with Crippen LogP contribution in [0, 0.1) is 18.3 Å². The molecule has 2 saturated heterocycles. The SMILES string of the molecule is Cc1c(-c2cc(OC(C)c3cc(C(F)(F)F)cnc3N3CC(O)C3)c3c(C#N)cnn3c2)nnn1C1CCNCC1. The third-order valence-electron chi connectivity index (χ3n) is 7.68. The Hall–Kier alpha value is -4.22. The molecule has 1 unspecified atom stereocenters. The van der Waals surface area contributed by atoms with Gasteiger partial charge in [0, 0.05) is 36.6 Å². The minimum absolute atomic E-state index is 0.210. The van der Waals surface area contributed by atoms with E-state index in [0.717, 1.165) is 43.9 Å². The van der Waals surface area contributed by atoms with Crippen LogP contribution in [0.3, 0.4) is 0 Å². The zero-order chi connectivity index (χ0) is 28.9. The Morgan fingerprint density at radius 1 is 1.20 bits per heavy atom. The minimum atomic E-state index is -4.60. The molecule has 41 heavy (non-hydrogen) atoms. The number of alkyl halides is 3. The first-order chi connectivity index (χ1) is 19.6. The lowest BCUT2D eigenvalue weighted by atomic mass is 10.0. The molecular weight excluding hydrogens is 539 g/mol. The maximum atomic E-state index is 13.6. The van der Waals surface area contributed by atoms with Gasteiger partial charge in [-0.05, 0) is 51.9 Å². The molecule has 0 radical (unpaired) electrons. The van der Waals surface area contributed by atoms with E-state index >= 15 is 0 Å². The molecule has 0 aromatic carbocycles. The Morgan fingerprint density at radius 3 is 2.63 bits per heavy atom. The molecule has 4 aromatic heterocycles. The Balaban J connectivity index is 1.41. The molecule has 0 amide bonds. The summed E-state index contributed by atoms with van der Waals surface area (Å²) in [4.78, 5) is 5.80. The normalized spacial score (nSPS) is 17.4. The highest BCUT2D eigenvalue weighted by Gasteiger charge is 2.35. The number of aliphatic hydroxyl groups excluding tert-OH is 1. The van der Waals surface area contributed by atoms with E-state index in [1.165, 1.54) is 10.7 Å². The lowest BCUT2D eigenvalue weighted by Gasteiger charge is -2.38. The molecule has 0 spiro atoms. The number of hydrogen-bond acceptors (Lipinski definition) is 9. The number of aromatic nitrogens is 6. The fourth-order valence-electron chi connectivity index (χ4n) is 5.47. The van der Waals surface area contributed by atoms with Crippen molar-refractivity contribution in [2.75, 3.05) is 31.1 Å². The smallest absolute Gasteiger partial charge is 0.417 e. The second kappa shape index (κ2) is 10.3. The molecule has 2 aliphatic rings. The van der Waals surface area contributed by atoms with Crippen molar-refractivity contribution in [2.24, 2.45) is 0 Å². The highest BCUT2D eigenvalue weighted by Crippen LogP contribution is 2.39. The first-order valence-corrected chi connectivity index (χ1v) is 13.3. The Morgan fingerprint density at radius 2 is 1.95 bits per heavy atom. The van der Waals surface area contributed by atoms with E-state index in [4.69, 9.17) is 4.74 Å². The number of nitrogens with zero attached hydrogens (tertiary/aromatic N) is 8. The van der Waals surface area contributed by atoms with Gasteiger partial charge in [0.25, 0.3) is 0 Å². The average molecular weight is 568 g/mol. The molecule has 6 rings (SSSR count). The third kappa shape index (κ3) is 4.95. The number of rotatable bonds is 6. The van der Waals surface area contributed by atoms with E-state index in [1.54, 1.807) is 24.1 Å². The van der Waals surface area contributed by atoms with Crippen LogP contribution in [0.1, 0.15) is 54.3 Å². The molecule has 2 aliphatic heterocycles. The zero-order valence-electron chi connectivity index (χ0n) is 22.4. The monoisotopic (exact) mass is 567 g/mol. The lowest BCUT2D eigenvalue weighted by Crippen LogP contribution is -2.51. The number of anilines is 1. The van der Waals surface area contributed by atoms with Crippen molar-refractivity contribution >= 4 is 11.3 Å². The number of pyridine rings is 2. The van der Waals surface area contributed by atoms with Crippen molar-refractivity contribution in [2.45, 2.75) is 51.1 Å². The van der Waals surface area contributed by atoms with E-state index in [0.29, 0.717) is 22.6 Å². The van der Waals surface area contributed by atoms with Crippen LogP contribution < -0.4 is 15.0 Å². The highest BCUT2D eigenvalue weighted by molar-refractivity contribution is 5.75. The summed E-state index contributed by atoms with van der Waals surface area (Å²) in [6.07, 6.45) is -0.283. The van der Waals surface area contributed by atoms with E-state index in [-0.39, 0.29) is 36.0 Å². The molecule has 0 aliphatic carbocycles. The number of ether oxygens (including phenoxy) is 1. The van der Waals surface area contributed by atoms with Crippen molar-refractivity contribution < 1.29 is 23.0 Å². The number of aliphatic hydroxyl groups is 1. The average Bonchev–Trinajstić information content (AvgIpc) is 3.54. The number of fused-ring (bicyclic) bond motifs is 1. The highest BCUT2D eigenvalue weighted by atomic mass is 19.4. The fourth-order valence-corrected chi connectivity index (χ4v) is 5.47. The van der Waals surface area contributed by atoms with Crippen molar-refractivity contribution in [3.8, 4) is 23.1 Å². The maximum Gasteiger partial charge on any atom is 0.417 e. The van der Waals surface area contributed by atoms with E-state index in [9.17, 15) is 23.5 Å². The molecular formula is C27H28F3N9O2. The van der Waals surface area contributed by atoms with E-state index in [2.05, 4.69) is 31.8 Å². The van der Waals surface area contributed by atoms with Gasteiger partial charge in [-0.1, -0.05) is 5.21 Å². The van der Waals surface area contributed by atoms with Gasteiger partial charge >= 0.3 is 6.18 Å². The molecule has 1 atom stereocenters. The Bertz CT molecular complexity index is 1630. The standard InChI is InChI=1S/C27H28F3N9O2/c1-15-24(35-36-39(15)20-3-5-32-6-4-20)17-7-23(25-18(9-31)10-34-38(25)12-17)41-16(2)22-8-19(27(28,29)30)11-33-26(22)37-13-21(40)14-37/h7-8,10-12,16,20-21,32,40H,3-6,13-14H2,1-2H3. The summed E-state index contributed by atoms with van der Waals surface area (Å²) in [5.74, 6) is 0.560. The van der Waals surface area contributed by atoms with Crippen LogP contribution in [-0.4, -0.2) is 67.0 Å². The summed E-state index contributed by atoms with van der Waals surface area (Å²) >= 11 is 0. The predicted octanol–water partition coefficient (Wildman–Crippen LogP) is 3.43. The van der Waals surface area contributed by atoms with Crippen LogP contribution in [0.15, 0.2) is 30.7 Å². The number of nitrogens with one attached hydrogen (secondary N) is 1. The molecule has 214 valence electrons. The largest absolute Gasteiger partial charge is 0.484 e. The number of halogens is 3. The van der Waals surface area contributed by atoms with Crippen LogP contribution >= 0.6 is 0 Å². The van der Waals surface area contributed by atoms with Gasteiger partial charge in [0.2, 0.25) is 0 Å². The Labute approximate surface area is 233 Å². The molecule has 2 fully saturated rings. The molecule has 0 bridgehead atoms. The predicted molar refractivity (Wildman–Crippen MR) is 141 cm³/mol. The number of β-amino-alcohol motifs (C(OH)–C–C–N with tert-alkyl or cyclic N) is 1. The van der Waals surface area contributed by atoms with Crippen LogP contribution in [-0.2, 0) is 6.18 Å². The number of piperidine rings is 1. The molecule has 14 heteroatoms. The van der Waals surface area contributed by atoms with E-state index < -0.39 is 23.9 Å². The summed E-state index contributed by atoms with van der Waals surface area (Å²) in [5.41, 5.74) is 2.06. The van der Waals surface area contributed by atoms with Crippen LogP contribution in [0.25, 0.3) is 16.8 Å². The number of nitriles is 1. The summed E-state index contributed by atoms with van der Waals surface area (Å²) in [5, 5.41) is 36.0. The molecule has 2 N–H and O–H groups in total.